The number of alkyl halides is 1. The van der Waals surface area contributed by atoms with E-state index in [2.05, 4.69) is 56.9 Å². The highest BCUT2D eigenvalue weighted by molar-refractivity contribution is 6.21. The fourth-order valence-electron chi connectivity index (χ4n) is 1.90. The van der Waals surface area contributed by atoms with E-state index >= 15 is 0 Å². The first-order valence-corrected chi connectivity index (χ1v) is 6.98. The van der Waals surface area contributed by atoms with Gasteiger partial charge in [-0.25, -0.2) is 0 Å². The van der Waals surface area contributed by atoms with E-state index in [1.165, 1.54) is 11.1 Å². The molecule has 0 heterocycles. The van der Waals surface area contributed by atoms with E-state index in [4.69, 9.17) is 11.6 Å². The van der Waals surface area contributed by atoms with E-state index in [9.17, 15) is 0 Å². The van der Waals surface area contributed by atoms with Crippen LogP contribution in [0.25, 0.3) is 0 Å². The van der Waals surface area contributed by atoms with Gasteiger partial charge in [-0.1, -0.05) is 52.0 Å². The molecule has 0 fully saturated rings. The van der Waals surface area contributed by atoms with E-state index in [-0.39, 0.29) is 5.38 Å². The third kappa shape index (κ3) is 4.33. The summed E-state index contributed by atoms with van der Waals surface area (Å²) in [5.41, 5.74) is 2.60. The van der Waals surface area contributed by atoms with Gasteiger partial charge < -0.3 is 4.90 Å². The topological polar surface area (TPSA) is 3.24 Å². The van der Waals surface area contributed by atoms with Crippen molar-refractivity contribution in [2.75, 3.05) is 19.6 Å². The van der Waals surface area contributed by atoms with Crippen LogP contribution < -0.4 is 0 Å². The Balaban J connectivity index is 2.66. The second kappa shape index (κ2) is 7.03. The first-order chi connectivity index (χ1) is 8.08. The summed E-state index contributed by atoms with van der Waals surface area (Å²) >= 11 is 6.45. The highest BCUT2D eigenvalue weighted by atomic mass is 35.5. The minimum Gasteiger partial charge on any atom is -0.302 e. The summed E-state index contributed by atoms with van der Waals surface area (Å²) in [6.07, 6.45) is 0. The quantitative estimate of drug-likeness (QED) is 0.678. The van der Waals surface area contributed by atoms with Gasteiger partial charge in [-0.2, -0.15) is 0 Å². The van der Waals surface area contributed by atoms with E-state index in [1.54, 1.807) is 0 Å². The number of nitrogens with zero attached hydrogens (tertiary/aromatic N) is 1. The Morgan fingerprint density at radius 3 is 1.88 bits per heavy atom. The molecule has 2 heteroatoms. The van der Waals surface area contributed by atoms with Crippen LogP contribution in [-0.2, 0) is 0 Å². The molecule has 96 valence electrons. The van der Waals surface area contributed by atoms with Gasteiger partial charge in [-0.3, -0.25) is 0 Å². The summed E-state index contributed by atoms with van der Waals surface area (Å²) in [6.45, 7) is 11.8. The summed E-state index contributed by atoms with van der Waals surface area (Å²) in [4.78, 5) is 2.36. The first-order valence-electron chi connectivity index (χ1n) is 6.54. The van der Waals surface area contributed by atoms with Gasteiger partial charge in [-0.05, 0) is 30.1 Å². The first kappa shape index (κ1) is 14.5. The minimum atomic E-state index is 0.0936. The van der Waals surface area contributed by atoms with E-state index < -0.39 is 0 Å². The molecule has 0 aliphatic rings. The third-order valence-corrected chi connectivity index (χ3v) is 3.67. The maximum Gasteiger partial charge on any atom is 0.0712 e. The molecule has 0 amide bonds. The molecule has 0 aliphatic carbocycles. The van der Waals surface area contributed by atoms with Crippen molar-refractivity contribution >= 4 is 11.6 Å². The SMILES string of the molecule is CCN(CC)CC(Cl)c1ccc(C(C)C)cc1. The Kier molecular flexibility index (Phi) is 6.01. The number of rotatable bonds is 6. The van der Waals surface area contributed by atoms with Crippen molar-refractivity contribution in [2.24, 2.45) is 0 Å². The van der Waals surface area contributed by atoms with Gasteiger partial charge in [0, 0.05) is 6.54 Å². The Morgan fingerprint density at radius 2 is 1.47 bits per heavy atom. The largest absolute Gasteiger partial charge is 0.302 e. The van der Waals surface area contributed by atoms with Crippen LogP contribution in [0, 0.1) is 0 Å². The van der Waals surface area contributed by atoms with Crippen LogP contribution in [0.2, 0.25) is 0 Å². The van der Waals surface area contributed by atoms with E-state index in [0.29, 0.717) is 5.92 Å². The van der Waals surface area contributed by atoms with Gasteiger partial charge >= 0.3 is 0 Å². The van der Waals surface area contributed by atoms with Crippen molar-refractivity contribution in [3.8, 4) is 0 Å². The monoisotopic (exact) mass is 253 g/mol. The molecule has 1 rings (SSSR count). The molecule has 1 aromatic carbocycles. The fourth-order valence-corrected chi connectivity index (χ4v) is 2.24. The van der Waals surface area contributed by atoms with Gasteiger partial charge in [0.05, 0.1) is 5.38 Å². The zero-order valence-corrected chi connectivity index (χ0v) is 12.2. The van der Waals surface area contributed by atoms with Crippen molar-refractivity contribution in [2.45, 2.75) is 39.0 Å². The van der Waals surface area contributed by atoms with Crippen LogP contribution in [0.1, 0.15) is 50.1 Å². The van der Waals surface area contributed by atoms with Crippen LogP contribution in [0.4, 0.5) is 0 Å². The lowest BCUT2D eigenvalue weighted by Gasteiger charge is -2.21. The number of hydrogen-bond donors (Lipinski definition) is 0. The third-order valence-electron chi connectivity index (χ3n) is 3.28. The van der Waals surface area contributed by atoms with Crippen LogP contribution in [0.3, 0.4) is 0 Å². The summed E-state index contributed by atoms with van der Waals surface area (Å²) in [6, 6.07) is 8.71. The lowest BCUT2D eigenvalue weighted by atomic mass is 10.0. The van der Waals surface area contributed by atoms with Gasteiger partial charge in [0.2, 0.25) is 0 Å². The molecule has 1 nitrogen and oxygen atoms in total. The standard InChI is InChI=1S/C15H24ClN/c1-5-17(6-2)11-15(16)14-9-7-13(8-10-14)12(3)4/h7-10,12,15H,5-6,11H2,1-4H3. The fraction of sp³-hybridized carbons (Fsp3) is 0.600. The maximum atomic E-state index is 6.45. The zero-order chi connectivity index (χ0) is 12.8. The summed E-state index contributed by atoms with van der Waals surface area (Å²) in [7, 11) is 0. The van der Waals surface area contributed by atoms with Crippen molar-refractivity contribution in [3.63, 3.8) is 0 Å². The van der Waals surface area contributed by atoms with E-state index in [1.807, 2.05) is 0 Å². The normalized spacial score (nSPS) is 13.4. The predicted molar refractivity (Wildman–Crippen MR) is 76.9 cm³/mol. The molecular weight excluding hydrogens is 230 g/mol. The highest BCUT2D eigenvalue weighted by Crippen LogP contribution is 2.24. The van der Waals surface area contributed by atoms with Crippen molar-refractivity contribution in [1.82, 2.24) is 4.90 Å². The number of likely N-dealkylation sites (N-methyl/N-ethyl adjacent to an activating group) is 1. The van der Waals surface area contributed by atoms with Crippen LogP contribution in [0.15, 0.2) is 24.3 Å². The Morgan fingerprint density at radius 1 is 1.00 bits per heavy atom. The average molecular weight is 254 g/mol. The molecule has 0 saturated heterocycles. The van der Waals surface area contributed by atoms with Crippen LogP contribution >= 0.6 is 11.6 Å². The van der Waals surface area contributed by atoms with Crippen molar-refractivity contribution in [1.29, 1.82) is 0 Å². The molecule has 0 radical (unpaired) electrons. The molecule has 0 aliphatic heterocycles. The highest BCUT2D eigenvalue weighted by Gasteiger charge is 2.11. The summed E-state index contributed by atoms with van der Waals surface area (Å²) in [5.74, 6) is 0.584. The van der Waals surface area contributed by atoms with Gasteiger partial charge in [0.25, 0.3) is 0 Å². The second-order valence-electron chi connectivity index (χ2n) is 4.77. The van der Waals surface area contributed by atoms with E-state index in [0.717, 1.165) is 19.6 Å². The zero-order valence-electron chi connectivity index (χ0n) is 11.4. The average Bonchev–Trinajstić information content (AvgIpc) is 2.35. The molecule has 0 spiro atoms. The second-order valence-corrected chi connectivity index (χ2v) is 5.30. The summed E-state index contributed by atoms with van der Waals surface area (Å²) in [5, 5.41) is 0.0936. The lowest BCUT2D eigenvalue weighted by Crippen LogP contribution is -2.26. The predicted octanol–water partition coefficient (Wildman–Crippen LogP) is 4.43. The molecule has 1 atom stereocenters. The van der Waals surface area contributed by atoms with Gasteiger partial charge in [-0.15, -0.1) is 11.6 Å². The number of hydrogen-bond acceptors (Lipinski definition) is 1. The lowest BCUT2D eigenvalue weighted by molar-refractivity contribution is 0.304. The molecule has 0 aromatic heterocycles. The molecule has 1 aromatic rings. The molecule has 1 unspecified atom stereocenters. The maximum absolute atomic E-state index is 6.45. The molecule has 0 bridgehead atoms. The summed E-state index contributed by atoms with van der Waals surface area (Å²) < 4.78 is 0. The Labute approximate surface area is 111 Å². The van der Waals surface area contributed by atoms with Crippen molar-refractivity contribution in [3.05, 3.63) is 35.4 Å². The van der Waals surface area contributed by atoms with Gasteiger partial charge in [0.1, 0.15) is 0 Å². The Bertz CT molecular complexity index is 314. The molecule has 17 heavy (non-hydrogen) atoms. The minimum absolute atomic E-state index is 0.0936. The van der Waals surface area contributed by atoms with Crippen LogP contribution in [-0.4, -0.2) is 24.5 Å². The molecule has 0 N–H and O–H groups in total. The Hall–Kier alpha value is -0.530. The molecule has 0 saturated carbocycles. The number of halogens is 1. The van der Waals surface area contributed by atoms with Gasteiger partial charge in [0.15, 0.2) is 0 Å². The smallest absolute Gasteiger partial charge is 0.0712 e. The number of benzene rings is 1. The van der Waals surface area contributed by atoms with Crippen LogP contribution in [0.5, 0.6) is 0 Å². The molecular formula is C15H24ClN. The van der Waals surface area contributed by atoms with Crippen molar-refractivity contribution < 1.29 is 0 Å².